The Hall–Kier alpha value is 1.63. The summed E-state index contributed by atoms with van der Waals surface area (Å²) in [6, 6.07) is 0. The van der Waals surface area contributed by atoms with Crippen LogP contribution in [0.15, 0.2) is 0 Å². The third-order valence-electron chi connectivity index (χ3n) is 4.99. The van der Waals surface area contributed by atoms with Gasteiger partial charge in [-0.1, -0.05) is 102 Å². The van der Waals surface area contributed by atoms with Crippen molar-refractivity contribution in [3.8, 4) is 0 Å². The minimum atomic E-state index is -4.40. The van der Waals surface area contributed by atoms with Gasteiger partial charge in [0.1, 0.15) is 6.54 Å². The summed E-state index contributed by atoms with van der Waals surface area (Å²) in [6.45, 7) is 2.32. The summed E-state index contributed by atoms with van der Waals surface area (Å²) in [5, 5.41) is 18.8. The topological polar surface area (TPSA) is 110 Å². The van der Waals surface area contributed by atoms with Gasteiger partial charge in [-0.15, -0.1) is 0 Å². The van der Waals surface area contributed by atoms with Crippen LogP contribution in [0.4, 0.5) is 0 Å². The molecule has 0 heterocycles. The van der Waals surface area contributed by atoms with E-state index in [1.165, 1.54) is 77.0 Å². The Bertz CT molecular complexity index is 387. The zero-order valence-electron chi connectivity index (χ0n) is 17.3. The Balaban J connectivity index is 0. The molecule has 5 N–H and O–H groups in total. The Morgan fingerprint density at radius 1 is 0.714 bits per heavy atom. The second-order valence-corrected chi connectivity index (χ2v) is 9.47. The van der Waals surface area contributed by atoms with E-state index in [2.05, 4.69) is 6.92 Å². The minimum absolute atomic E-state index is 0. The quantitative estimate of drug-likeness (QED) is 0.0596. The molecule has 9 heteroatoms. The van der Waals surface area contributed by atoms with Crippen LogP contribution in [0.2, 0.25) is 0 Å². The second kappa shape index (κ2) is 20.5. The molecule has 0 aromatic carbocycles. The van der Waals surface area contributed by atoms with Crippen molar-refractivity contribution < 1.29 is 29.5 Å². The van der Waals surface area contributed by atoms with Crippen molar-refractivity contribution in [2.45, 2.75) is 110 Å². The summed E-state index contributed by atoms with van der Waals surface area (Å²) in [7, 11) is -4.40. The van der Waals surface area contributed by atoms with Gasteiger partial charge in [0, 0.05) is 6.42 Å². The molecule has 0 fully saturated rings. The van der Waals surface area contributed by atoms with E-state index in [1.807, 2.05) is 0 Å². The SMILES string of the molecule is CCCCCCCCCCCCCCCCCC[N+](O)(CP(=O)(O)O)NO.[KH]. The van der Waals surface area contributed by atoms with E-state index in [0.29, 0.717) is 6.42 Å². The molecule has 0 saturated carbocycles. The number of hydroxylamine groups is 2. The van der Waals surface area contributed by atoms with Gasteiger partial charge in [-0.2, -0.15) is 5.21 Å². The van der Waals surface area contributed by atoms with Crippen molar-refractivity contribution in [2.75, 3.05) is 12.8 Å². The van der Waals surface area contributed by atoms with Gasteiger partial charge >= 0.3 is 59.0 Å². The number of hydrogen-bond acceptors (Lipinski definition) is 4. The first-order chi connectivity index (χ1) is 12.8. The summed E-state index contributed by atoms with van der Waals surface area (Å²) < 4.78 is 9.74. The van der Waals surface area contributed by atoms with Gasteiger partial charge in [-0.25, -0.2) is 0 Å². The van der Waals surface area contributed by atoms with Gasteiger partial charge in [-0.3, -0.25) is 9.77 Å². The van der Waals surface area contributed by atoms with Crippen molar-refractivity contribution >= 4 is 59.0 Å². The Kier molecular flexibility index (Phi) is 23.3. The standard InChI is InChI=1S/C19H43N2O5P.K.H/c1-2-3-4-5-6-7-8-9-10-11-12-13-14-15-16-17-18-21(23,20-22)19-27(24,25)26;;/h20,22-23H,2-19H2,1H3,(H-,24,25,26);;/p+1. The van der Waals surface area contributed by atoms with Crippen LogP contribution in [-0.4, -0.2) is 89.2 Å². The molecule has 1 atom stereocenters. The zero-order valence-corrected chi connectivity index (χ0v) is 18.2. The van der Waals surface area contributed by atoms with E-state index in [4.69, 9.17) is 15.0 Å². The molecular weight excluding hydrogens is 406 g/mol. The molecule has 0 aliphatic heterocycles. The first-order valence-electron chi connectivity index (χ1n) is 10.9. The third kappa shape index (κ3) is 22.3. The van der Waals surface area contributed by atoms with Crippen LogP contribution in [-0.2, 0) is 4.57 Å². The zero-order chi connectivity index (χ0) is 20.4. The average molecular weight is 452 g/mol. The number of nitrogens with zero attached hydrogens (tertiary/aromatic N) is 1. The average Bonchev–Trinajstić information content (AvgIpc) is 2.60. The number of nitrogens with one attached hydrogen (secondary N) is 1. The molecule has 28 heavy (non-hydrogen) atoms. The van der Waals surface area contributed by atoms with Gasteiger partial charge in [0.25, 0.3) is 0 Å². The predicted molar refractivity (Wildman–Crippen MR) is 115 cm³/mol. The van der Waals surface area contributed by atoms with Gasteiger partial charge in [0.15, 0.2) is 0 Å². The molecule has 0 bridgehead atoms. The van der Waals surface area contributed by atoms with E-state index < -0.39 is 18.6 Å². The Morgan fingerprint density at radius 3 is 1.32 bits per heavy atom. The van der Waals surface area contributed by atoms with Gasteiger partial charge < -0.3 is 9.79 Å². The molecule has 0 aliphatic carbocycles. The van der Waals surface area contributed by atoms with Crippen LogP contribution in [0, 0.1) is 0 Å². The van der Waals surface area contributed by atoms with Gasteiger partial charge in [0.2, 0.25) is 6.29 Å². The number of quaternary nitrogens is 1. The van der Waals surface area contributed by atoms with Crippen molar-refractivity contribution in [3.63, 3.8) is 0 Å². The predicted octanol–water partition coefficient (Wildman–Crippen LogP) is 4.83. The summed E-state index contributed by atoms with van der Waals surface area (Å²) in [4.78, 5) is 17.8. The van der Waals surface area contributed by atoms with E-state index in [0.717, 1.165) is 19.3 Å². The van der Waals surface area contributed by atoms with Crippen LogP contribution in [0.1, 0.15) is 110 Å². The molecule has 1 unspecified atom stereocenters. The summed E-state index contributed by atoms with van der Waals surface area (Å²) in [6.07, 6.45) is 19.0. The maximum atomic E-state index is 10.9. The van der Waals surface area contributed by atoms with E-state index in [9.17, 15) is 9.77 Å². The molecule has 0 spiro atoms. The van der Waals surface area contributed by atoms with Gasteiger partial charge in [0.05, 0.1) is 0 Å². The van der Waals surface area contributed by atoms with Crippen LogP contribution in [0.5, 0.6) is 0 Å². The Labute approximate surface area is 214 Å². The van der Waals surface area contributed by atoms with Crippen molar-refractivity contribution in [2.24, 2.45) is 0 Å². The van der Waals surface area contributed by atoms with E-state index in [-0.39, 0.29) is 57.9 Å². The molecule has 0 aromatic rings. The van der Waals surface area contributed by atoms with Crippen molar-refractivity contribution in [1.29, 1.82) is 0 Å². The Morgan fingerprint density at radius 2 is 1.04 bits per heavy atom. The maximum absolute atomic E-state index is 10.9. The first kappa shape index (κ1) is 31.8. The van der Waals surface area contributed by atoms with Crippen molar-refractivity contribution in [1.82, 2.24) is 5.59 Å². The number of hydrogen-bond donors (Lipinski definition) is 5. The molecule has 0 aromatic heterocycles. The van der Waals surface area contributed by atoms with Crippen LogP contribution < -0.4 is 5.59 Å². The summed E-state index contributed by atoms with van der Waals surface area (Å²) in [5.41, 5.74) is 1.59. The fourth-order valence-electron chi connectivity index (χ4n) is 3.38. The molecular formula is C19H45KN2O5P+. The monoisotopic (exact) mass is 451 g/mol. The van der Waals surface area contributed by atoms with E-state index >= 15 is 0 Å². The molecule has 7 nitrogen and oxygen atoms in total. The summed E-state index contributed by atoms with van der Waals surface area (Å²) >= 11 is 0. The summed E-state index contributed by atoms with van der Waals surface area (Å²) in [5.74, 6) is 0. The van der Waals surface area contributed by atoms with Gasteiger partial charge in [-0.05, 0) is 12.0 Å². The molecule has 0 amide bonds. The van der Waals surface area contributed by atoms with E-state index in [1.54, 1.807) is 5.59 Å². The van der Waals surface area contributed by atoms with Crippen molar-refractivity contribution in [3.05, 3.63) is 0 Å². The fourth-order valence-corrected chi connectivity index (χ4v) is 4.19. The number of rotatable bonds is 20. The first-order valence-corrected chi connectivity index (χ1v) is 12.7. The second-order valence-electron chi connectivity index (χ2n) is 7.86. The van der Waals surface area contributed by atoms with Crippen LogP contribution >= 0.6 is 7.60 Å². The third-order valence-corrected chi connectivity index (χ3v) is 5.82. The van der Waals surface area contributed by atoms with Crippen LogP contribution in [0.3, 0.4) is 0 Å². The number of unbranched alkanes of at least 4 members (excludes halogenated alkanes) is 15. The molecule has 166 valence electrons. The fraction of sp³-hybridized carbons (Fsp3) is 1.00. The molecule has 0 radical (unpaired) electrons. The molecule has 0 saturated heterocycles. The normalized spacial score (nSPS) is 13.9. The molecule has 0 rings (SSSR count). The molecule has 0 aliphatic rings. The van der Waals surface area contributed by atoms with Crippen LogP contribution in [0.25, 0.3) is 0 Å².